The van der Waals surface area contributed by atoms with E-state index in [4.69, 9.17) is 5.73 Å². The summed E-state index contributed by atoms with van der Waals surface area (Å²) in [6, 6.07) is 0.361. The number of hydrogen-bond donors (Lipinski definition) is 3. The van der Waals surface area contributed by atoms with E-state index in [0.717, 1.165) is 63.6 Å². The van der Waals surface area contributed by atoms with Gasteiger partial charge < -0.3 is 21.1 Å². The molecular formula is C17H30N6O. The third-order valence-corrected chi connectivity index (χ3v) is 4.90. The first-order valence-corrected chi connectivity index (χ1v) is 9.04. The zero-order valence-corrected chi connectivity index (χ0v) is 14.8. The second-order valence-corrected chi connectivity index (χ2v) is 7.26. The molecule has 3 rings (SSSR count). The van der Waals surface area contributed by atoms with Crippen LogP contribution in [0.3, 0.4) is 0 Å². The summed E-state index contributed by atoms with van der Waals surface area (Å²) in [5.74, 6) is 1.99. The van der Waals surface area contributed by atoms with Crippen LogP contribution in [0, 0.1) is 5.92 Å². The van der Waals surface area contributed by atoms with Crippen LogP contribution in [0.2, 0.25) is 0 Å². The molecule has 7 heteroatoms. The average molecular weight is 334 g/mol. The largest absolute Gasteiger partial charge is 0.396 e. The summed E-state index contributed by atoms with van der Waals surface area (Å²) in [4.78, 5) is 13.8. The summed E-state index contributed by atoms with van der Waals surface area (Å²) >= 11 is 0. The first kappa shape index (κ1) is 17.4. The van der Waals surface area contributed by atoms with E-state index in [1.807, 2.05) is 0 Å². The topological polar surface area (TPSA) is 90.5 Å². The summed E-state index contributed by atoms with van der Waals surface area (Å²) in [5.41, 5.74) is 8.22. The number of aliphatic hydroxyl groups excluding tert-OH is 1. The maximum Gasteiger partial charge on any atom is 0.222 e. The normalized spacial score (nSPS) is 22.0. The maximum absolute atomic E-state index is 9.46. The van der Waals surface area contributed by atoms with E-state index in [1.165, 1.54) is 5.56 Å². The van der Waals surface area contributed by atoms with Crippen molar-refractivity contribution in [2.75, 3.05) is 50.0 Å². The Kier molecular flexibility index (Phi) is 5.53. The molecule has 1 atom stereocenters. The molecule has 7 nitrogen and oxygen atoms in total. The van der Waals surface area contributed by atoms with Crippen LogP contribution >= 0.6 is 0 Å². The molecule has 0 amide bonds. The second-order valence-electron chi connectivity index (χ2n) is 7.26. The summed E-state index contributed by atoms with van der Waals surface area (Å²) in [5, 5.41) is 12.8. The molecule has 0 spiro atoms. The van der Waals surface area contributed by atoms with Crippen molar-refractivity contribution >= 4 is 11.8 Å². The smallest absolute Gasteiger partial charge is 0.222 e. The van der Waals surface area contributed by atoms with Crippen molar-refractivity contribution in [2.24, 2.45) is 5.92 Å². The van der Waals surface area contributed by atoms with Gasteiger partial charge in [0.05, 0.1) is 5.69 Å². The van der Waals surface area contributed by atoms with Crippen molar-refractivity contribution < 1.29 is 5.11 Å². The number of nitrogen functional groups attached to an aromatic ring is 1. The molecule has 134 valence electrons. The highest BCUT2D eigenvalue weighted by molar-refractivity contribution is 5.53. The first-order valence-electron chi connectivity index (χ1n) is 9.04. The summed E-state index contributed by atoms with van der Waals surface area (Å²) in [7, 11) is 0. The lowest BCUT2D eigenvalue weighted by Gasteiger charge is -2.43. The fourth-order valence-corrected chi connectivity index (χ4v) is 3.84. The zero-order valence-electron chi connectivity index (χ0n) is 14.8. The number of anilines is 2. The molecule has 4 N–H and O–H groups in total. The molecule has 1 fully saturated rings. The molecule has 0 aromatic carbocycles. The number of aromatic nitrogens is 2. The number of aliphatic hydroxyl groups is 1. The van der Waals surface area contributed by atoms with Gasteiger partial charge in [0.1, 0.15) is 5.82 Å². The lowest BCUT2D eigenvalue weighted by Crippen LogP contribution is -2.55. The SMILES string of the molecule is CC(C)CN1CCN(c2nc(N)nc3c2CCNC3)CC1CCO. The van der Waals surface area contributed by atoms with Gasteiger partial charge in [-0.15, -0.1) is 0 Å². The minimum Gasteiger partial charge on any atom is -0.396 e. The predicted molar refractivity (Wildman–Crippen MR) is 96.0 cm³/mol. The molecule has 1 saturated heterocycles. The Balaban J connectivity index is 1.82. The third-order valence-electron chi connectivity index (χ3n) is 4.90. The van der Waals surface area contributed by atoms with Crippen molar-refractivity contribution in [3.63, 3.8) is 0 Å². The fourth-order valence-electron chi connectivity index (χ4n) is 3.84. The van der Waals surface area contributed by atoms with Gasteiger partial charge in [-0.2, -0.15) is 4.98 Å². The van der Waals surface area contributed by atoms with Crippen LogP contribution in [0.4, 0.5) is 11.8 Å². The minimum atomic E-state index is 0.223. The fraction of sp³-hybridized carbons (Fsp3) is 0.765. The van der Waals surface area contributed by atoms with Gasteiger partial charge in [0.15, 0.2) is 0 Å². The molecule has 0 bridgehead atoms. The quantitative estimate of drug-likeness (QED) is 0.710. The van der Waals surface area contributed by atoms with Gasteiger partial charge in [-0.1, -0.05) is 13.8 Å². The van der Waals surface area contributed by atoms with E-state index in [1.54, 1.807) is 0 Å². The molecule has 3 heterocycles. The molecule has 0 radical (unpaired) electrons. The minimum absolute atomic E-state index is 0.223. The van der Waals surface area contributed by atoms with Gasteiger partial charge in [-0.05, 0) is 25.3 Å². The number of nitrogens with one attached hydrogen (secondary N) is 1. The van der Waals surface area contributed by atoms with Crippen molar-refractivity contribution in [1.29, 1.82) is 0 Å². The van der Waals surface area contributed by atoms with Crippen LogP contribution in [0.25, 0.3) is 0 Å². The van der Waals surface area contributed by atoms with Crippen LogP contribution < -0.4 is 16.0 Å². The highest BCUT2D eigenvalue weighted by atomic mass is 16.3. The zero-order chi connectivity index (χ0) is 17.1. The van der Waals surface area contributed by atoms with E-state index in [2.05, 4.69) is 38.9 Å². The summed E-state index contributed by atoms with van der Waals surface area (Å²) in [6.07, 6.45) is 1.75. The molecular weight excluding hydrogens is 304 g/mol. The van der Waals surface area contributed by atoms with Crippen LogP contribution in [0.15, 0.2) is 0 Å². The lowest BCUT2D eigenvalue weighted by molar-refractivity contribution is 0.128. The number of hydrogen-bond acceptors (Lipinski definition) is 7. The highest BCUT2D eigenvalue weighted by Gasteiger charge is 2.30. The van der Waals surface area contributed by atoms with Crippen molar-refractivity contribution in [3.05, 3.63) is 11.3 Å². The van der Waals surface area contributed by atoms with E-state index < -0.39 is 0 Å². The number of piperazine rings is 1. The molecule has 2 aliphatic heterocycles. The van der Waals surface area contributed by atoms with Gasteiger partial charge in [0, 0.05) is 50.9 Å². The summed E-state index contributed by atoms with van der Waals surface area (Å²) in [6.45, 7) is 10.4. The maximum atomic E-state index is 9.46. The van der Waals surface area contributed by atoms with Crippen LogP contribution in [-0.2, 0) is 13.0 Å². The average Bonchev–Trinajstić information content (AvgIpc) is 2.55. The standard InChI is InChI=1S/C17H30N6O/c1-12(2)10-22-6-7-23(11-13(22)4-8-24)16-14-3-5-19-9-15(14)20-17(18)21-16/h12-13,19,24H,3-11H2,1-2H3,(H2,18,20,21). The first-order chi connectivity index (χ1) is 11.6. The van der Waals surface area contributed by atoms with E-state index in [-0.39, 0.29) is 6.61 Å². The molecule has 1 aromatic rings. The van der Waals surface area contributed by atoms with Gasteiger partial charge in [-0.3, -0.25) is 4.90 Å². The van der Waals surface area contributed by atoms with Crippen LogP contribution in [0.5, 0.6) is 0 Å². The molecule has 2 aliphatic rings. The molecule has 24 heavy (non-hydrogen) atoms. The summed E-state index contributed by atoms with van der Waals surface area (Å²) < 4.78 is 0. The van der Waals surface area contributed by atoms with Crippen molar-refractivity contribution in [2.45, 2.75) is 39.3 Å². The Morgan fingerprint density at radius 2 is 2.17 bits per heavy atom. The number of rotatable bonds is 5. The Labute approximate surface area is 144 Å². The molecule has 1 unspecified atom stereocenters. The monoisotopic (exact) mass is 334 g/mol. The number of fused-ring (bicyclic) bond motifs is 1. The van der Waals surface area contributed by atoms with Crippen molar-refractivity contribution in [1.82, 2.24) is 20.2 Å². The van der Waals surface area contributed by atoms with Gasteiger partial charge in [0.2, 0.25) is 5.95 Å². The predicted octanol–water partition coefficient (Wildman–Crippen LogP) is 0.234. The molecule has 1 aromatic heterocycles. The van der Waals surface area contributed by atoms with E-state index in [0.29, 0.717) is 17.9 Å². The Hall–Kier alpha value is -1.44. The Morgan fingerprint density at radius 3 is 2.92 bits per heavy atom. The van der Waals surface area contributed by atoms with Gasteiger partial charge >= 0.3 is 0 Å². The third kappa shape index (κ3) is 3.79. The Bertz CT molecular complexity index is 564. The number of nitrogens with two attached hydrogens (primary N) is 1. The number of nitrogens with zero attached hydrogens (tertiary/aromatic N) is 4. The van der Waals surface area contributed by atoms with Gasteiger partial charge in [-0.25, -0.2) is 4.98 Å². The lowest BCUT2D eigenvalue weighted by atomic mass is 10.0. The Morgan fingerprint density at radius 1 is 1.33 bits per heavy atom. The molecule has 0 saturated carbocycles. The van der Waals surface area contributed by atoms with Crippen molar-refractivity contribution in [3.8, 4) is 0 Å². The van der Waals surface area contributed by atoms with Crippen LogP contribution in [-0.4, -0.2) is 65.3 Å². The van der Waals surface area contributed by atoms with Gasteiger partial charge in [0.25, 0.3) is 0 Å². The highest BCUT2D eigenvalue weighted by Crippen LogP contribution is 2.27. The van der Waals surface area contributed by atoms with Crippen LogP contribution in [0.1, 0.15) is 31.5 Å². The molecule has 0 aliphatic carbocycles. The van der Waals surface area contributed by atoms with E-state index in [9.17, 15) is 5.11 Å². The van der Waals surface area contributed by atoms with E-state index >= 15 is 0 Å². The second kappa shape index (κ2) is 7.63.